The zero-order valence-electron chi connectivity index (χ0n) is 16.1. The van der Waals surface area contributed by atoms with Gasteiger partial charge in [-0.25, -0.2) is 9.37 Å². The molecular weight excluding hydrogens is 367 g/mol. The summed E-state index contributed by atoms with van der Waals surface area (Å²) in [4.78, 5) is 21.3. The minimum absolute atomic E-state index is 0.151. The molecule has 2 heterocycles. The van der Waals surface area contributed by atoms with Gasteiger partial charge in [-0.2, -0.15) is 0 Å². The third-order valence-corrected chi connectivity index (χ3v) is 5.09. The first-order valence-corrected chi connectivity index (χ1v) is 9.72. The minimum Gasteiger partial charge on any atom is -0.368 e. The van der Waals surface area contributed by atoms with Crippen LogP contribution in [-0.4, -0.2) is 42.0 Å². The smallest absolute Gasteiger partial charge is 0.274 e. The van der Waals surface area contributed by atoms with E-state index in [9.17, 15) is 9.18 Å². The first-order chi connectivity index (χ1) is 14.2. The van der Waals surface area contributed by atoms with Crippen molar-refractivity contribution in [3.8, 4) is 0 Å². The lowest BCUT2D eigenvalue weighted by atomic mass is 10.2. The van der Waals surface area contributed by atoms with Crippen LogP contribution in [0.2, 0.25) is 0 Å². The summed E-state index contributed by atoms with van der Waals surface area (Å²) in [5.74, 6) is -0.889. The van der Waals surface area contributed by atoms with Crippen molar-refractivity contribution in [1.82, 2.24) is 9.88 Å². The number of aromatic nitrogens is 1. The zero-order valence-corrected chi connectivity index (χ0v) is 16.1. The number of rotatable bonds is 5. The van der Waals surface area contributed by atoms with Crippen molar-refractivity contribution in [2.24, 2.45) is 0 Å². The van der Waals surface area contributed by atoms with E-state index in [1.54, 1.807) is 24.4 Å². The first-order valence-electron chi connectivity index (χ1n) is 9.72. The third-order valence-electron chi connectivity index (χ3n) is 5.09. The number of amides is 1. The SMILES string of the molecule is O=C(Nc1ccccc1F)c1ccc(N2CCN(Cc3ccccc3)CC2)cn1. The second kappa shape index (κ2) is 8.84. The molecule has 6 heteroatoms. The van der Waals surface area contributed by atoms with E-state index < -0.39 is 11.7 Å². The number of hydrogen-bond donors (Lipinski definition) is 1. The van der Waals surface area contributed by atoms with Gasteiger partial charge in [0.05, 0.1) is 17.6 Å². The van der Waals surface area contributed by atoms with Crippen molar-refractivity contribution in [2.45, 2.75) is 6.54 Å². The maximum atomic E-state index is 13.7. The molecule has 4 rings (SSSR count). The second-order valence-corrected chi connectivity index (χ2v) is 7.08. The van der Waals surface area contributed by atoms with Gasteiger partial charge in [0.25, 0.3) is 5.91 Å². The number of benzene rings is 2. The van der Waals surface area contributed by atoms with Crippen LogP contribution in [0.3, 0.4) is 0 Å². The van der Waals surface area contributed by atoms with E-state index in [0.29, 0.717) is 0 Å². The van der Waals surface area contributed by atoms with E-state index in [0.717, 1.165) is 38.4 Å². The number of piperazine rings is 1. The number of anilines is 2. The van der Waals surface area contributed by atoms with Crippen molar-refractivity contribution in [3.05, 3.63) is 90.0 Å². The molecule has 0 radical (unpaired) electrons. The number of halogens is 1. The molecular formula is C23H23FN4O. The van der Waals surface area contributed by atoms with Gasteiger partial charge in [0.2, 0.25) is 0 Å². The fourth-order valence-corrected chi connectivity index (χ4v) is 3.46. The summed E-state index contributed by atoms with van der Waals surface area (Å²) >= 11 is 0. The number of para-hydroxylation sites is 1. The molecule has 1 aliphatic rings. The summed E-state index contributed by atoms with van der Waals surface area (Å²) in [5, 5.41) is 2.56. The molecule has 1 amide bonds. The second-order valence-electron chi connectivity index (χ2n) is 7.08. The van der Waals surface area contributed by atoms with Crippen molar-refractivity contribution >= 4 is 17.3 Å². The molecule has 1 saturated heterocycles. The van der Waals surface area contributed by atoms with Crippen molar-refractivity contribution in [2.75, 3.05) is 36.4 Å². The Hall–Kier alpha value is -3.25. The zero-order chi connectivity index (χ0) is 20.1. The van der Waals surface area contributed by atoms with E-state index in [2.05, 4.69) is 44.4 Å². The summed E-state index contributed by atoms with van der Waals surface area (Å²) in [5.41, 5.74) is 2.73. The number of hydrogen-bond acceptors (Lipinski definition) is 4. The van der Waals surface area contributed by atoms with Gasteiger partial charge in [-0.1, -0.05) is 42.5 Å². The van der Waals surface area contributed by atoms with Gasteiger partial charge in [0, 0.05) is 32.7 Å². The maximum Gasteiger partial charge on any atom is 0.274 e. The molecule has 1 N–H and O–H groups in total. The number of carbonyl (C=O) groups excluding carboxylic acids is 1. The molecule has 29 heavy (non-hydrogen) atoms. The Labute approximate surface area is 169 Å². The number of pyridine rings is 1. The van der Waals surface area contributed by atoms with E-state index in [4.69, 9.17) is 0 Å². The number of nitrogens with zero attached hydrogens (tertiary/aromatic N) is 3. The Kier molecular flexibility index (Phi) is 5.81. The molecule has 0 bridgehead atoms. The Morgan fingerprint density at radius 1 is 0.931 bits per heavy atom. The standard InChI is InChI=1S/C23H23FN4O/c24-20-8-4-5-9-21(20)26-23(29)22-11-10-19(16-25-22)28-14-12-27(13-15-28)17-18-6-2-1-3-7-18/h1-11,16H,12-15,17H2,(H,26,29). The van der Waals surface area contributed by atoms with Gasteiger partial charge in [-0.05, 0) is 29.8 Å². The molecule has 0 saturated carbocycles. The Bertz CT molecular complexity index is 954. The maximum absolute atomic E-state index is 13.7. The van der Waals surface area contributed by atoms with Crippen LogP contribution in [0.25, 0.3) is 0 Å². The molecule has 0 aliphatic carbocycles. The Morgan fingerprint density at radius 3 is 2.34 bits per heavy atom. The van der Waals surface area contributed by atoms with Gasteiger partial charge in [-0.15, -0.1) is 0 Å². The fourth-order valence-electron chi connectivity index (χ4n) is 3.46. The minimum atomic E-state index is -0.467. The highest BCUT2D eigenvalue weighted by atomic mass is 19.1. The normalized spacial score (nSPS) is 14.6. The van der Waals surface area contributed by atoms with Gasteiger partial charge < -0.3 is 10.2 Å². The van der Waals surface area contributed by atoms with E-state index in [1.165, 1.54) is 17.7 Å². The summed E-state index contributed by atoms with van der Waals surface area (Å²) in [6.07, 6.45) is 1.71. The van der Waals surface area contributed by atoms with E-state index in [-0.39, 0.29) is 11.4 Å². The lowest BCUT2D eigenvalue weighted by Crippen LogP contribution is -2.46. The molecule has 2 aromatic carbocycles. The largest absolute Gasteiger partial charge is 0.368 e. The van der Waals surface area contributed by atoms with Crippen LogP contribution in [0.5, 0.6) is 0 Å². The summed E-state index contributed by atoms with van der Waals surface area (Å²) in [6, 6.07) is 20.2. The summed E-state index contributed by atoms with van der Waals surface area (Å²) in [7, 11) is 0. The van der Waals surface area contributed by atoms with Crippen LogP contribution in [0.1, 0.15) is 16.1 Å². The average molecular weight is 390 g/mol. The molecule has 1 aromatic heterocycles. The Morgan fingerprint density at radius 2 is 1.66 bits per heavy atom. The van der Waals surface area contributed by atoms with Crippen LogP contribution in [0.4, 0.5) is 15.8 Å². The number of carbonyl (C=O) groups is 1. The topological polar surface area (TPSA) is 48.5 Å². The van der Waals surface area contributed by atoms with Crippen LogP contribution in [-0.2, 0) is 6.54 Å². The van der Waals surface area contributed by atoms with Gasteiger partial charge in [0.1, 0.15) is 11.5 Å². The Balaban J connectivity index is 1.33. The van der Waals surface area contributed by atoms with Crippen LogP contribution in [0, 0.1) is 5.82 Å². The van der Waals surface area contributed by atoms with Crippen molar-refractivity contribution in [1.29, 1.82) is 0 Å². The monoisotopic (exact) mass is 390 g/mol. The van der Waals surface area contributed by atoms with Crippen molar-refractivity contribution in [3.63, 3.8) is 0 Å². The highest BCUT2D eigenvalue weighted by molar-refractivity contribution is 6.03. The van der Waals surface area contributed by atoms with Crippen LogP contribution >= 0.6 is 0 Å². The van der Waals surface area contributed by atoms with Gasteiger partial charge in [-0.3, -0.25) is 9.69 Å². The van der Waals surface area contributed by atoms with Gasteiger partial charge >= 0.3 is 0 Å². The fraction of sp³-hybridized carbons (Fsp3) is 0.217. The van der Waals surface area contributed by atoms with E-state index >= 15 is 0 Å². The molecule has 1 aliphatic heterocycles. The lowest BCUT2D eigenvalue weighted by molar-refractivity contribution is 0.102. The predicted molar refractivity (Wildman–Crippen MR) is 113 cm³/mol. The van der Waals surface area contributed by atoms with Crippen LogP contribution in [0.15, 0.2) is 72.9 Å². The predicted octanol–water partition coefficient (Wildman–Crippen LogP) is 3.80. The molecule has 1 fully saturated rings. The highest BCUT2D eigenvalue weighted by Crippen LogP contribution is 2.18. The third kappa shape index (κ3) is 4.78. The molecule has 0 atom stereocenters. The van der Waals surface area contributed by atoms with Gasteiger partial charge in [0.15, 0.2) is 0 Å². The average Bonchev–Trinajstić information content (AvgIpc) is 2.77. The number of nitrogens with one attached hydrogen (secondary N) is 1. The first kappa shape index (κ1) is 19.1. The quantitative estimate of drug-likeness (QED) is 0.720. The summed E-state index contributed by atoms with van der Waals surface area (Å²) in [6.45, 7) is 4.74. The molecule has 0 unspecified atom stereocenters. The molecule has 3 aromatic rings. The molecule has 0 spiro atoms. The lowest BCUT2D eigenvalue weighted by Gasteiger charge is -2.36. The van der Waals surface area contributed by atoms with E-state index in [1.807, 2.05) is 12.1 Å². The molecule has 148 valence electrons. The summed E-state index contributed by atoms with van der Waals surface area (Å²) < 4.78 is 13.7. The van der Waals surface area contributed by atoms with Crippen molar-refractivity contribution < 1.29 is 9.18 Å². The molecule has 5 nitrogen and oxygen atoms in total. The van der Waals surface area contributed by atoms with Crippen LogP contribution < -0.4 is 10.2 Å². The highest BCUT2D eigenvalue weighted by Gasteiger charge is 2.18.